The van der Waals surface area contributed by atoms with Crippen molar-refractivity contribution in [3.63, 3.8) is 0 Å². The number of fused-ring (bicyclic) bond motifs is 1. The number of hydrogen-bond acceptors (Lipinski definition) is 12. The summed E-state index contributed by atoms with van der Waals surface area (Å²) in [6.45, 7) is 2.93. The van der Waals surface area contributed by atoms with E-state index in [0.29, 0.717) is 67.2 Å². The minimum atomic E-state index is -0.712. The summed E-state index contributed by atoms with van der Waals surface area (Å²) in [5, 5.41) is 9.98. The lowest BCUT2D eigenvalue weighted by molar-refractivity contribution is 0.0502. The highest BCUT2D eigenvalue weighted by Crippen LogP contribution is 2.29. The molecule has 0 aliphatic carbocycles. The summed E-state index contributed by atoms with van der Waals surface area (Å²) in [7, 11) is 3.71. The summed E-state index contributed by atoms with van der Waals surface area (Å²) in [6.07, 6.45) is 2.71. The van der Waals surface area contributed by atoms with Crippen LogP contribution in [-0.2, 0) is 23.2 Å². The quantitative estimate of drug-likeness (QED) is 0.370. The molecule has 0 unspecified atom stereocenters. The number of ether oxygens (including phenoxy) is 1. The predicted molar refractivity (Wildman–Crippen MR) is 130 cm³/mol. The number of phenolic OH excluding ortho intramolecular Hbond substituents is 1. The Balaban J connectivity index is 1.53. The Kier molecular flexibility index (Phi) is 6.31. The van der Waals surface area contributed by atoms with E-state index >= 15 is 0 Å². The van der Waals surface area contributed by atoms with Gasteiger partial charge in [-0.15, -0.1) is 0 Å². The van der Waals surface area contributed by atoms with Crippen molar-refractivity contribution in [1.82, 2.24) is 29.5 Å². The van der Waals surface area contributed by atoms with E-state index in [4.69, 9.17) is 25.6 Å². The number of phenols is 1. The number of aromatic nitrogens is 6. The fraction of sp³-hybridized carbons (Fsp3) is 0.304. The Labute approximate surface area is 206 Å². The van der Waals surface area contributed by atoms with Crippen LogP contribution in [0.4, 0.5) is 11.8 Å². The number of carbonyl (C=O) groups is 1. The zero-order valence-electron chi connectivity index (χ0n) is 19.8. The Hall–Kier alpha value is -4.36. The maximum absolute atomic E-state index is 11.5. The second-order valence-corrected chi connectivity index (χ2v) is 8.31. The van der Waals surface area contributed by atoms with Gasteiger partial charge in [-0.25, -0.2) is 29.7 Å². The van der Waals surface area contributed by atoms with Crippen LogP contribution in [0.5, 0.6) is 5.75 Å². The van der Waals surface area contributed by atoms with E-state index in [-0.39, 0.29) is 11.3 Å². The normalized spacial score (nSPS) is 13.7. The lowest BCUT2D eigenvalue weighted by Crippen LogP contribution is -2.37. The SMILES string of the molecule is CN(Cc1nc2c(N3CCOCC3)nc(-c3cccc(O)c3)nc2n1C)c1ncc(C(=O)ON)cn1. The van der Waals surface area contributed by atoms with Gasteiger partial charge in [-0.1, -0.05) is 12.1 Å². The molecular weight excluding hydrogens is 466 g/mol. The number of aryl methyl sites for hydroxylation is 1. The molecule has 3 N–H and O–H groups in total. The fourth-order valence-electron chi connectivity index (χ4n) is 3.98. The third-order valence-electron chi connectivity index (χ3n) is 5.91. The van der Waals surface area contributed by atoms with Crippen molar-refractivity contribution in [2.24, 2.45) is 12.9 Å². The second-order valence-electron chi connectivity index (χ2n) is 8.31. The van der Waals surface area contributed by atoms with Gasteiger partial charge in [0.1, 0.15) is 11.6 Å². The maximum atomic E-state index is 11.5. The van der Waals surface area contributed by atoms with Crippen molar-refractivity contribution in [2.45, 2.75) is 6.54 Å². The number of anilines is 2. The number of morpholine rings is 1. The number of hydrogen-bond donors (Lipinski definition) is 2. The molecule has 1 fully saturated rings. The molecule has 1 aromatic carbocycles. The van der Waals surface area contributed by atoms with Crippen LogP contribution in [0.2, 0.25) is 0 Å². The van der Waals surface area contributed by atoms with Gasteiger partial charge in [0.15, 0.2) is 22.8 Å². The molecule has 0 spiro atoms. The van der Waals surface area contributed by atoms with E-state index in [1.54, 1.807) is 23.1 Å². The number of carbonyl (C=O) groups excluding carboxylic acids is 1. The maximum Gasteiger partial charge on any atom is 0.359 e. The minimum Gasteiger partial charge on any atom is -0.508 e. The molecule has 4 heterocycles. The number of nitrogens with zero attached hydrogens (tertiary/aromatic N) is 8. The Morgan fingerprint density at radius 3 is 2.64 bits per heavy atom. The summed E-state index contributed by atoms with van der Waals surface area (Å²) >= 11 is 0. The molecule has 0 radical (unpaired) electrons. The van der Waals surface area contributed by atoms with Crippen molar-refractivity contribution in [3.05, 3.63) is 48.0 Å². The molecule has 1 aliphatic heterocycles. The lowest BCUT2D eigenvalue weighted by Gasteiger charge is -2.28. The number of aromatic hydroxyl groups is 1. The van der Waals surface area contributed by atoms with E-state index in [1.165, 1.54) is 12.4 Å². The molecular formula is C23H25N9O4. The summed E-state index contributed by atoms with van der Waals surface area (Å²) < 4.78 is 7.43. The van der Waals surface area contributed by atoms with Crippen LogP contribution in [0.1, 0.15) is 16.2 Å². The molecule has 0 atom stereocenters. The highest BCUT2D eigenvalue weighted by Gasteiger charge is 2.23. The molecule has 0 amide bonds. The van der Waals surface area contributed by atoms with Crippen molar-refractivity contribution >= 4 is 28.9 Å². The number of imidazole rings is 1. The van der Waals surface area contributed by atoms with Gasteiger partial charge in [-0.2, -0.15) is 5.90 Å². The van der Waals surface area contributed by atoms with Crippen LogP contribution in [0.25, 0.3) is 22.6 Å². The van der Waals surface area contributed by atoms with Crippen LogP contribution >= 0.6 is 0 Å². The van der Waals surface area contributed by atoms with Crippen LogP contribution in [-0.4, -0.2) is 73.9 Å². The second kappa shape index (κ2) is 9.71. The largest absolute Gasteiger partial charge is 0.508 e. The van der Waals surface area contributed by atoms with Gasteiger partial charge < -0.3 is 29.0 Å². The zero-order chi connectivity index (χ0) is 25.2. The molecule has 4 aromatic rings. The Morgan fingerprint density at radius 1 is 1.19 bits per heavy atom. The van der Waals surface area contributed by atoms with E-state index in [2.05, 4.69) is 19.7 Å². The monoisotopic (exact) mass is 491 g/mol. The summed E-state index contributed by atoms with van der Waals surface area (Å²) in [6, 6.07) is 6.86. The first-order valence-corrected chi connectivity index (χ1v) is 11.2. The Bertz CT molecular complexity index is 1400. The van der Waals surface area contributed by atoms with Crippen LogP contribution < -0.4 is 15.7 Å². The highest BCUT2D eigenvalue weighted by atomic mass is 16.7. The van der Waals surface area contributed by atoms with Gasteiger partial charge in [0.2, 0.25) is 5.95 Å². The lowest BCUT2D eigenvalue weighted by atomic mass is 10.2. The molecule has 13 nitrogen and oxygen atoms in total. The average Bonchev–Trinajstić information content (AvgIpc) is 3.23. The van der Waals surface area contributed by atoms with E-state index in [9.17, 15) is 9.90 Å². The van der Waals surface area contributed by atoms with Crippen molar-refractivity contribution < 1.29 is 19.5 Å². The van der Waals surface area contributed by atoms with Crippen molar-refractivity contribution in [3.8, 4) is 17.1 Å². The van der Waals surface area contributed by atoms with Gasteiger partial charge in [0.25, 0.3) is 0 Å². The number of benzene rings is 1. The van der Waals surface area contributed by atoms with E-state index in [1.807, 2.05) is 24.7 Å². The molecule has 1 aliphatic rings. The predicted octanol–water partition coefficient (Wildman–Crippen LogP) is 1.03. The standard InChI is InChI=1S/C23H25N9O4/c1-30(23-25-11-15(12-26-23)22(34)36-24)13-17-27-18-20(31(17)2)28-19(14-4-3-5-16(33)10-14)29-21(18)32-6-8-35-9-7-32/h3-5,10-12,33H,6-9,13,24H2,1-2H3. The van der Waals surface area contributed by atoms with Gasteiger partial charge in [0, 0.05) is 45.1 Å². The fourth-order valence-corrected chi connectivity index (χ4v) is 3.98. The van der Waals surface area contributed by atoms with Crippen LogP contribution in [0, 0.1) is 0 Å². The number of nitrogens with two attached hydrogens (primary N) is 1. The van der Waals surface area contributed by atoms with Crippen molar-refractivity contribution in [1.29, 1.82) is 0 Å². The molecule has 0 bridgehead atoms. The average molecular weight is 492 g/mol. The molecule has 186 valence electrons. The number of rotatable bonds is 6. The van der Waals surface area contributed by atoms with Gasteiger partial charge in [0.05, 0.1) is 25.3 Å². The molecule has 0 saturated carbocycles. The Morgan fingerprint density at radius 2 is 1.94 bits per heavy atom. The van der Waals surface area contributed by atoms with Gasteiger partial charge >= 0.3 is 5.97 Å². The van der Waals surface area contributed by atoms with E-state index < -0.39 is 5.97 Å². The summed E-state index contributed by atoms with van der Waals surface area (Å²) in [4.78, 5) is 42.7. The van der Waals surface area contributed by atoms with Gasteiger partial charge in [-0.05, 0) is 12.1 Å². The van der Waals surface area contributed by atoms with Gasteiger partial charge in [-0.3, -0.25) is 0 Å². The first-order chi connectivity index (χ1) is 17.4. The molecule has 5 rings (SSSR count). The van der Waals surface area contributed by atoms with Crippen molar-refractivity contribution in [2.75, 3.05) is 43.2 Å². The molecule has 36 heavy (non-hydrogen) atoms. The van der Waals surface area contributed by atoms with Crippen LogP contribution in [0.3, 0.4) is 0 Å². The minimum absolute atomic E-state index is 0.141. The van der Waals surface area contributed by atoms with Crippen LogP contribution in [0.15, 0.2) is 36.7 Å². The summed E-state index contributed by atoms with van der Waals surface area (Å²) in [5.41, 5.74) is 2.20. The first kappa shape index (κ1) is 23.4. The zero-order valence-corrected chi connectivity index (χ0v) is 19.8. The third kappa shape index (κ3) is 4.48. The molecule has 3 aromatic heterocycles. The smallest absolute Gasteiger partial charge is 0.359 e. The molecule has 1 saturated heterocycles. The topological polar surface area (TPSA) is 158 Å². The highest BCUT2D eigenvalue weighted by molar-refractivity contribution is 5.88. The molecule has 13 heteroatoms. The first-order valence-electron chi connectivity index (χ1n) is 11.2. The van der Waals surface area contributed by atoms with E-state index in [0.717, 1.165) is 5.82 Å². The summed E-state index contributed by atoms with van der Waals surface area (Å²) in [5.74, 6) is 6.68. The third-order valence-corrected chi connectivity index (χ3v) is 5.91.